The number of guanidine groups is 1. The van der Waals surface area contributed by atoms with Gasteiger partial charge in [-0.3, -0.25) is 0 Å². The van der Waals surface area contributed by atoms with Gasteiger partial charge in [0.2, 0.25) is 0 Å². The highest BCUT2D eigenvalue weighted by Crippen LogP contribution is 2.19. The van der Waals surface area contributed by atoms with Crippen LogP contribution in [-0.2, 0) is 0 Å². The minimum absolute atomic E-state index is 0. The average molecular weight is 435 g/mol. The molecule has 1 aromatic carbocycles. The summed E-state index contributed by atoms with van der Waals surface area (Å²) in [5.41, 5.74) is 2.61. The van der Waals surface area contributed by atoms with E-state index in [0.717, 1.165) is 25.9 Å². The number of nitrogens with one attached hydrogen (secondary N) is 1. The molecule has 3 nitrogen and oxygen atoms in total. The summed E-state index contributed by atoms with van der Waals surface area (Å²) in [7, 11) is 0. The number of hydrogen-bond donors (Lipinski definition) is 1. The van der Waals surface area contributed by atoms with Gasteiger partial charge in [0, 0.05) is 19.6 Å². The Labute approximate surface area is 153 Å². The molecule has 1 aliphatic rings. The summed E-state index contributed by atoms with van der Waals surface area (Å²) >= 11 is 0. The van der Waals surface area contributed by atoms with Gasteiger partial charge < -0.3 is 10.2 Å². The summed E-state index contributed by atoms with van der Waals surface area (Å²) in [6, 6.07) is 10.2. The predicted molar refractivity (Wildman–Crippen MR) is 103 cm³/mol. The zero-order valence-corrected chi connectivity index (χ0v) is 15.7. The van der Waals surface area contributed by atoms with E-state index in [1.807, 2.05) is 25.1 Å². The van der Waals surface area contributed by atoms with Gasteiger partial charge in [-0.25, -0.2) is 13.8 Å². The molecule has 2 rings (SSSR count). The summed E-state index contributed by atoms with van der Waals surface area (Å²) in [5, 5.41) is 3.10. The predicted octanol–water partition coefficient (Wildman–Crippen LogP) is 4.01. The molecule has 1 N–H and O–H groups in total. The first kappa shape index (κ1) is 19.9. The minimum Gasteiger partial charge on any atom is -0.357 e. The summed E-state index contributed by atoms with van der Waals surface area (Å²) in [5.74, 6) is 0.599. The highest BCUT2D eigenvalue weighted by Gasteiger charge is 2.17. The van der Waals surface area contributed by atoms with E-state index < -0.39 is 13.0 Å². The normalized spacial score (nSPS) is 15.4. The van der Waals surface area contributed by atoms with Crippen LogP contribution in [0.15, 0.2) is 40.9 Å². The monoisotopic (exact) mass is 435 g/mol. The van der Waals surface area contributed by atoms with Gasteiger partial charge in [0.15, 0.2) is 5.96 Å². The minimum atomic E-state index is -2.40. The second-order valence-electron chi connectivity index (χ2n) is 5.29. The van der Waals surface area contributed by atoms with Gasteiger partial charge in [0.1, 0.15) is 6.54 Å². The van der Waals surface area contributed by atoms with Gasteiger partial charge in [-0.15, -0.1) is 24.0 Å². The lowest BCUT2D eigenvalue weighted by Crippen LogP contribution is -2.44. The average Bonchev–Trinajstić information content (AvgIpc) is 2.53. The molecule has 1 saturated heterocycles. The van der Waals surface area contributed by atoms with E-state index in [9.17, 15) is 8.78 Å². The first-order valence-corrected chi connectivity index (χ1v) is 7.75. The van der Waals surface area contributed by atoms with E-state index >= 15 is 0 Å². The highest BCUT2D eigenvalue weighted by molar-refractivity contribution is 14.0. The second kappa shape index (κ2) is 10.6. The van der Waals surface area contributed by atoms with Gasteiger partial charge in [0.05, 0.1) is 0 Å². The maximum Gasteiger partial charge on any atom is 0.257 e. The van der Waals surface area contributed by atoms with E-state index in [2.05, 4.69) is 33.4 Å². The highest BCUT2D eigenvalue weighted by atomic mass is 127. The van der Waals surface area contributed by atoms with Crippen LogP contribution in [0.4, 0.5) is 8.78 Å². The van der Waals surface area contributed by atoms with Crippen LogP contribution in [0.1, 0.15) is 25.3 Å². The summed E-state index contributed by atoms with van der Waals surface area (Å²) in [6.45, 7) is 3.82. The zero-order valence-electron chi connectivity index (χ0n) is 13.3. The first-order valence-electron chi connectivity index (χ1n) is 7.75. The maximum atomic E-state index is 12.3. The molecule has 128 valence electrons. The molecule has 0 atom stereocenters. The summed E-state index contributed by atoms with van der Waals surface area (Å²) in [6.07, 6.45) is 1.70. The van der Waals surface area contributed by atoms with E-state index in [1.165, 1.54) is 11.1 Å². The number of halogens is 3. The third kappa shape index (κ3) is 6.85. The van der Waals surface area contributed by atoms with Crippen molar-refractivity contribution in [1.29, 1.82) is 0 Å². The van der Waals surface area contributed by atoms with E-state index in [4.69, 9.17) is 0 Å². The van der Waals surface area contributed by atoms with Crippen LogP contribution < -0.4 is 5.32 Å². The van der Waals surface area contributed by atoms with Crippen LogP contribution in [-0.4, -0.2) is 43.5 Å². The Kier molecular flexibility index (Phi) is 9.13. The molecule has 0 radical (unpaired) electrons. The third-order valence-corrected chi connectivity index (χ3v) is 3.59. The Balaban J connectivity index is 0.00000264. The smallest absolute Gasteiger partial charge is 0.257 e. The summed E-state index contributed by atoms with van der Waals surface area (Å²) < 4.78 is 24.7. The Morgan fingerprint density at radius 1 is 1.26 bits per heavy atom. The molecule has 1 aromatic rings. The standard InChI is InChI=1S/C17H23F2N3.HI/c1-2-20-17(21-13-16(18)19)22-10-8-15(9-11-22)12-14-6-4-3-5-7-14;/h3-7,12,16H,2,8-11,13H2,1H3,(H,20,21);1H. The number of likely N-dealkylation sites (tertiary alicyclic amines) is 1. The molecular formula is C17H24F2IN3. The van der Waals surface area contributed by atoms with Crippen molar-refractivity contribution in [2.45, 2.75) is 26.2 Å². The molecule has 0 spiro atoms. The van der Waals surface area contributed by atoms with Gasteiger partial charge >= 0.3 is 0 Å². The number of rotatable bonds is 4. The molecule has 6 heteroatoms. The number of piperidine rings is 1. The van der Waals surface area contributed by atoms with E-state index in [1.54, 1.807) is 0 Å². The largest absolute Gasteiger partial charge is 0.357 e. The topological polar surface area (TPSA) is 27.6 Å². The Hall–Kier alpha value is -1.18. The lowest BCUT2D eigenvalue weighted by Gasteiger charge is -2.31. The van der Waals surface area contributed by atoms with Crippen molar-refractivity contribution in [3.05, 3.63) is 41.5 Å². The second-order valence-corrected chi connectivity index (χ2v) is 5.29. The number of hydrogen-bond acceptors (Lipinski definition) is 1. The SMILES string of the molecule is CCNC(=NCC(F)F)N1CCC(=Cc2ccccc2)CC1.I. The first-order chi connectivity index (χ1) is 10.7. The zero-order chi connectivity index (χ0) is 15.8. The lowest BCUT2D eigenvalue weighted by molar-refractivity contribution is 0.158. The number of alkyl halides is 2. The van der Waals surface area contributed by atoms with Gasteiger partial charge in [-0.05, 0) is 25.3 Å². The molecular weight excluding hydrogens is 411 g/mol. The molecule has 0 bridgehead atoms. The van der Waals surface area contributed by atoms with Crippen molar-refractivity contribution in [2.24, 2.45) is 4.99 Å². The van der Waals surface area contributed by atoms with Crippen LogP contribution in [0.5, 0.6) is 0 Å². The van der Waals surface area contributed by atoms with Crippen molar-refractivity contribution in [2.75, 3.05) is 26.2 Å². The fourth-order valence-corrected chi connectivity index (χ4v) is 2.52. The van der Waals surface area contributed by atoms with Crippen LogP contribution in [0, 0.1) is 0 Å². The van der Waals surface area contributed by atoms with Crippen molar-refractivity contribution < 1.29 is 8.78 Å². The molecule has 23 heavy (non-hydrogen) atoms. The van der Waals surface area contributed by atoms with Crippen LogP contribution in [0.3, 0.4) is 0 Å². The third-order valence-electron chi connectivity index (χ3n) is 3.59. The van der Waals surface area contributed by atoms with Crippen LogP contribution >= 0.6 is 24.0 Å². The quantitative estimate of drug-likeness (QED) is 0.440. The van der Waals surface area contributed by atoms with Crippen molar-refractivity contribution in [3.63, 3.8) is 0 Å². The number of nitrogens with zero attached hydrogens (tertiary/aromatic N) is 2. The van der Waals surface area contributed by atoms with E-state index in [-0.39, 0.29) is 24.0 Å². The molecule has 1 aliphatic heterocycles. The van der Waals surface area contributed by atoms with E-state index in [0.29, 0.717) is 12.5 Å². The molecule has 0 aliphatic carbocycles. The van der Waals surface area contributed by atoms with Crippen molar-refractivity contribution >= 4 is 36.0 Å². The van der Waals surface area contributed by atoms with Crippen molar-refractivity contribution in [1.82, 2.24) is 10.2 Å². The van der Waals surface area contributed by atoms with Gasteiger partial charge in [0.25, 0.3) is 6.43 Å². The van der Waals surface area contributed by atoms with Crippen LogP contribution in [0.25, 0.3) is 6.08 Å². The Morgan fingerprint density at radius 2 is 1.91 bits per heavy atom. The molecule has 0 unspecified atom stereocenters. The Bertz CT molecular complexity index is 508. The fourth-order valence-electron chi connectivity index (χ4n) is 2.52. The summed E-state index contributed by atoms with van der Waals surface area (Å²) in [4.78, 5) is 6.07. The van der Waals surface area contributed by atoms with Crippen LogP contribution in [0.2, 0.25) is 0 Å². The molecule has 0 saturated carbocycles. The maximum absolute atomic E-state index is 12.3. The van der Waals surface area contributed by atoms with Gasteiger partial charge in [-0.2, -0.15) is 0 Å². The molecule has 1 heterocycles. The Morgan fingerprint density at radius 3 is 2.48 bits per heavy atom. The molecule has 1 fully saturated rings. The molecule has 0 aromatic heterocycles. The van der Waals surface area contributed by atoms with Crippen molar-refractivity contribution in [3.8, 4) is 0 Å². The molecule has 0 amide bonds. The number of aliphatic imine (C=N–C) groups is 1. The van der Waals surface area contributed by atoms with Gasteiger partial charge in [-0.1, -0.05) is 42.0 Å². The number of benzene rings is 1. The fraction of sp³-hybridized carbons (Fsp3) is 0.471. The lowest BCUT2D eigenvalue weighted by atomic mass is 10.0.